The summed E-state index contributed by atoms with van der Waals surface area (Å²) in [5.74, 6) is 2.55. The lowest BCUT2D eigenvalue weighted by atomic mass is 10.2. The maximum absolute atomic E-state index is 5.33. The fraction of sp³-hybridized carbons (Fsp3) is 0.385. The Labute approximate surface area is 127 Å². The number of aryl methyl sites for hydroxylation is 1. The zero-order valence-electron chi connectivity index (χ0n) is 12.4. The number of hydrogen-bond acceptors (Lipinski definition) is 6. The summed E-state index contributed by atoms with van der Waals surface area (Å²) in [6.07, 6.45) is 0. The van der Waals surface area contributed by atoms with Gasteiger partial charge in [-0.25, -0.2) is 4.68 Å². The molecule has 0 aliphatic carbocycles. The van der Waals surface area contributed by atoms with Crippen LogP contribution in [-0.4, -0.2) is 36.2 Å². The number of nitrogens with one attached hydrogen (secondary N) is 2. The number of methoxy groups -OCH3 is 3. The van der Waals surface area contributed by atoms with Gasteiger partial charge < -0.3 is 19.6 Å². The summed E-state index contributed by atoms with van der Waals surface area (Å²) >= 11 is 5.14. The van der Waals surface area contributed by atoms with Crippen molar-refractivity contribution in [1.29, 1.82) is 0 Å². The van der Waals surface area contributed by atoms with Gasteiger partial charge in [-0.3, -0.25) is 5.10 Å². The molecule has 8 heteroatoms. The third kappa shape index (κ3) is 3.10. The molecule has 0 spiro atoms. The molecule has 0 bridgehead atoms. The van der Waals surface area contributed by atoms with Gasteiger partial charge in [0, 0.05) is 0 Å². The first-order valence-electron chi connectivity index (χ1n) is 6.27. The normalized spacial score (nSPS) is 10.3. The molecule has 0 aliphatic rings. The second-order valence-electron chi connectivity index (χ2n) is 4.28. The highest BCUT2D eigenvalue weighted by molar-refractivity contribution is 7.71. The van der Waals surface area contributed by atoms with Crippen LogP contribution in [0.15, 0.2) is 12.1 Å². The number of hydrogen-bond donors (Lipinski definition) is 2. The van der Waals surface area contributed by atoms with Crippen LogP contribution in [0.2, 0.25) is 0 Å². The Morgan fingerprint density at radius 3 is 2.24 bits per heavy atom. The molecule has 7 nitrogen and oxygen atoms in total. The molecular formula is C13H18N4O3S. The average Bonchev–Trinajstić information content (AvgIpc) is 2.82. The van der Waals surface area contributed by atoms with Gasteiger partial charge in [-0.2, -0.15) is 5.10 Å². The van der Waals surface area contributed by atoms with E-state index in [0.717, 1.165) is 11.4 Å². The summed E-state index contributed by atoms with van der Waals surface area (Å²) in [5.41, 5.74) is 4.15. The highest BCUT2D eigenvalue weighted by Crippen LogP contribution is 2.38. The van der Waals surface area contributed by atoms with Crippen molar-refractivity contribution < 1.29 is 14.2 Å². The predicted molar refractivity (Wildman–Crippen MR) is 81.3 cm³/mol. The van der Waals surface area contributed by atoms with E-state index in [0.29, 0.717) is 28.6 Å². The maximum atomic E-state index is 5.33. The Hall–Kier alpha value is -2.22. The van der Waals surface area contributed by atoms with E-state index < -0.39 is 0 Å². The highest BCUT2D eigenvalue weighted by atomic mass is 32.1. The van der Waals surface area contributed by atoms with Gasteiger partial charge in [-0.05, 0) is 36.8 Å². The number of benzene rings is 1. The first kappa shape index (κ1) is 15.2. The van der Waals surface area contributed by atoms with E-state index in [4.69, 9.17) is 26.4 Å². The number of aromatic nitrogens is 3. The number of aromatic amines is 1. The average molecular weight is 310 g/mol. The fourth-order valence-corrected chi connectivity index (χ4v) is 2.21. The van der Waals surface area contributed by atoms with E-state index in [1.165, 1.54) is 0 Å². The molecule has 0 radical (unpaired) electrons. The molecule has 0 aliphatic heterocycles. The molecule has 1 aromatic carbocycles. The molecule has 0 saturated carbocycles. The molecular weight excluding hydrogens is 292 g/mol. The van der Waals surface area contributed by atoms with Crippen LogP contribution in [0.3, 0.4) is 0 Å². The monoisotopic (exact) mass is 310 g/mol. The van der Waals surface area contributed by atoms with Crippen molar-refractivity contribution >= 4 is 12.2 Å². The van der Waals surface area contributed by atoms with Crippen LogP contribution in [0.1, 0.15) is 11.4 Å². The van der Waals surface area contributed by atoms with Crippen molar-refractivity contribution in [2.45, 2.75) is 13.5 Å². The molecule has 1 aromatic heterocycles. The number of H-pyrrole nitrogens is 1. The van der Waals surface area contributed by atoms with Crippen LogP contribution < -0.4 is 19.6 Å². The molecule has 0 atom stereocenters. The van der Waals surface area contributed by atoms with Gasteiger partial charge in [-0.15, -0.1) is 0 Å². The topological polar surface area (TPSA) is 73.3 Å². The molecule has 2 aromatic rings. The molecule has 0 saturated heterocycles. The Kier molecular flexibility index (Phi) is 4.69. The standard InChI is InChI=1S/C13H18N4O3S/c1-8-15-16-13(21)17(8)14-7-9-5-10(18-2)12(20-4)11(6-9)19-3/h5-6,14H,7H2,1-4H3,(H,16,21). The van der Waals surface area contributed by atoms with Gasteiger partial charge in [0.05, 0.1) is 27.9 Å². The third-order valence-corrected chi connectivity index (χ3v) is 3.28. The number of ether oxygens (including phenoxy) is 3. The minimum absolute atomic E-state index is 0.514. The second kappa shape index (κ2) is 6.49. The van der Waals surface area contributed by atoms with Gasteiger partial charge >= 0.3 is 0 Å². The summed E-state index contributed by atoms with van der Waals surface area (Å²) in [4.78, 5) is 0. The van der Waals surface area contributed by atoms with Crippen LogP contribution >= 0.6 is 12.2 Å². The van der Waals surface area contributed by atoms with Gasteiger partial charge in [-0.1, -0.05) is 0 Å². The summed E-state index contributed by atoms with van der Waals surface area (Å²) in [6, 6.07) is 3.76. The second-order valence-corrected chi connectivity index (χ2v) is 4.67. The zero-order chi connectivity index (χ0) is 15.4. The molecule has 21 heavy (non-hydrogen) atoms. The van der Waals surface area contributed by atoms with Gasteiger partial charge in [0.25, 0.3) is 0 Å². The molecule has 2 N–H and O–H groups in total. The van der Waals surface area contributed by atoms with Crippen molar-refractivity contribution in [1.82, 2.24) is 14.9 Å². The summed E-state index contributed by atoms with van der Waals surface area (Å²) in [6.45, 7) is 2.39. The Bertz CT molecular complexity index is 655. The Morgan fingerprint density at radius 2 is 1.81 bits per heavy atom. The van der Waals surface area contributed by atoms with Gasteiger partial charge in [0.1, 0.15) is 5.82 Å². The number of rotatable bonds is 6. The largest absolute Gasteiger partial charge is 0.493 e. The van der Waals surface area contributed by atoms with E-state index >= 15 is 0 Å². The van der Waals surface area contributed by atoms with Crippen LogP contribution in [0.25, 0.3) is 0 Å². The lowest BCUT2D eigenvalue weighted by Gasteiger charge is -2.15. The van der Waals surface area contributed by atoms with Gasteiger partial charge in [0.2, 0.25) is 10.5 Å². The maximum Gasteiger partial charge on any atom is 0.214 e. The molecule has 2 rings (SSSR count). The van der Waals surface area contributed by atoms with Crippen LogP contribution in [-0.2, 0) is 6.54 Å². The van der Waals surface area contributed by atoms with Crippen molar-refractivity contribution in [3.05, 3.63) is 28.3 Å². The summed E-state index contributed by atoms with van der Waals surface area (Å²) < 4.78 is 18.2. The first-order chi connectivity index (χ1) is 10.1. The first-order valence-corrected chi connectivity index (χ1v) is 6.68. The quantitative estimate of drug-likeness (QED) is 0.795. The minimum Gasteiger partial charge on any atom is -0.493 e. The van der Waals surface area contributed by atoms with E-state index in [1.807, 2.05) is 19.1 Å². The van der Waals surface area contributed by atoms with Crippen LogP contribution in [0, 0.1) is 11.7 Å². The Balaban J connectivity index is 2.26. The minimum atomic E-state index is 0.514. The molecule has 0 fully saturated rings. The fourth-order valence-electron chi connectivity index (χ4n) is 1.97. The Morgan fingerprint density at radius 1 is 1.19 bits per heavy atom. The lowest BCUT2D eigenvalue weighted by molar-refractivity contribution is 0.324. The number of nitrogens with zero attached hydrogens (tertiary/aromatic N) is 2. The van der Waals surface area contributed by atoms with Crippen LogP contribution in [0.5, 0.6) is 17.2 Å². The van der Waals surface area contributed by atoms with E-state index in [1.54, 1.807) is 26.0 Å². The SMILES string of the molecule is COc1cc(CNn2c(C)n[nH]c2=S)cc(OC)c1OC. The third-order valence-electron chi connectivity index (χ3n) is 3.01. The van der Waals surface area contributed by atoms with E-state index in [9.17, 15) is 0 Å². The predicted octanol–water partition coefficient (Wildman–Crippen LogP) is 2.02. The van der Waals surface area contributed by atoms with Gasteiger partial charge in [0.15, 0.2) is 11.5 Å². The molecule has 114 valence electrons. The van der Waals surface area contributed by atoms with Crippen molar-refractivity contribution in [2.75, 3.05) is 26.8 Å². The molecule has 0 unspecified atom stereocenters. The van der Waals surface area contributed by atoms with Crippen molar-refractivity contribution in [2.24, 2.45) is 0 Å². The zero-order valence-corrected chi connectivity index (χ0v) is 13.2. The van der Waals surface area contributed by atoms with E-state index in [2.05, 4.69) is 15.6 Å². The molecule has 1 heterocycles. The lowest BCUT2D eigenvalue weighted by Crippen LogP contribution is -2.16. The smallest absolute Gasteiger partial charge is 0.214 e. The van der Waals surface area contributed by atoms with Crippen LogP contribution in [0.4, 0.5) is 0 Å². The van der Waals surface area contributed by atoms with Crippen molar-refractivity contribution in [3.63, 3.8) is 0 Å². The summed E-state index contributed by atoms with van der Waals surface area (Å²) in [7, 11) is 4.75. The highest BCUT2D eigenvalue weighted by Gasteiger charge is 2.13. The van der Waals surface area contributed by atoms with E-state index in [-0.39, 0.29) is 0 Å². The van der Waals surface area contributed by atoms with Crippen molar-refractivity contribution in [3.8, 4) is 17.2 Å². The molecule has 0 amide bonds. The summed E-state index contributed by atoms with van der Waals surface area (Å²) in [5, 5.41) is 6.76.